The molecule has 5 nitrogen and oxygen atoms in total. The molecule has 0 heterocycles. The number of hydrogen-bond donors (Lipinski definition) is 1. The smallest absolute Gasteiger partial charge is 0.285 e. The molecule has 2 aromatic carbocycles. The quantitative estimate of drug-likeness (QED) is 0.676. The lowest BCUT2D eigenvalue weighted by Crippen LogP contribution is -2.14. The van der Waals surface area contributed by atoms with Gasteiger partial charge in [-0.1, -0.05) is 38.1 Å². The summed E-state index contributed by atoms with van der Waals surface area (Å²) in [6, 6.07) is 12.2. The van der Waals surface area contributed by atoms with Crippen molar-refractivity contribution in [3.05, 3.63) is 69.3 Å². The van der Waals surface area contributed by atoms with Crippen molar-refractivity contribution in [1.82, 2.24) is 0 Å². The van der Waals surface area contributed by atoms with Crippen molar-refractivity contribution in [2.75, 3.05) is 5.32 Å². The van der Waals surface area contributed by atoms with Crippen molar-refractivity contribution in [2.24, 2.45) is 0 Å². The summed E-state index contributed by atoms with van der Waals surface area (Å²) in [5, 5.41) is 13.8. The van der Waals surface area contributed by atoms with Crippen LogP contribution in [0.5, 0.6) is 0 Å². The minimum absolute atomic E-state index is 0.0675. The van der Waals surface area contributed by atoms with Crippen LogP contribution in [0, 0.1) is 17.0 Å². The highest BCUT2D eigenvalue weighted by Gasteiger charge is 2.22. The number of hydrogen-bond acceptors (Lipinski definition) is 3. The minimum atomic E-state index is -0.522. The molecule has 22 heavy (non-hydrogen) atoms. The number of nitrogens with one attached hydrogen (secondary N) is 1. The van der Waals surface area contributed by atoms with Gasteiger partial charge < -0.3 is 5.32 Å². The number of rotatable bonds is 4. The number of amides is 1. The molecule has 0 radical (unpaired) electrons. The summed E-state index contributed by atoms with van der Waals surface area (Å²) >= 11 is 0. The van der Waals surface area contributed by atoms with E-state index in [9.17, 15) is 14.9 Å². The second-order valence-corrected chi connectivity index (χ2v) is 5.46. The van der Waals surface area contributed by atoms with E-state index in [4.69, 9.17) is 0 Å². The summed E-state index contributed by atoms with van der Waals surface area (Å²) in [6.07, 6.45) is 0. The topological polar surface area (TPSA) is 72.2 Å². The molecule has 0 aliphatic carbocycles. The van der Waals surface area contributed by atoms with Crippen molar-refractivity contribution < 1.29 is 9.72 Å². The Morgan fingerprint density at radius 1 is 1.14 bits per heavy atom. The number of carbonyl (C=O) groups is 1. The van der Waals surface area contributed by atoms with Gasteiger partial charge in [0.15, 0.2) is 0 Å². The third-order valence-electron chi connectivity index (χ3n) is 3.50. The van der Waals surface area contributed by atoms with Gasteiger partial charge in [0.25, 0.3) is 11.6 Å². The fourth-order valence-electron chi connectivity index (χ4n) is 2.23. The Hall–Kier alpha value is -2.69. The Bertz CT molecular complexity index is 706. The molecule has 5 heteroatoms. The van der Waals surface area contributed by atoms with Crippen LogP contribution in [-0.4, -0.2) is 10.8 Å². The summed E-state index contributed by atoms with van der Waals surface area (Å²) < 4.78 is 0. The van der Waals surface area contributed by atoms with Crippen LogP contribution in [0.1, 0.15) is 41.3 Å². The Kier molecular flexibility index (Phi) is 4.56. The maximum absolute atomic E-state index is 12.3. The average Bonchev–Trinajstić information content (AvgIpc) is 2.47. The summed E-state index contributed by atoms with van der Waals surface area (Å²) in [5.74, 6) is -0.0738. The van der Waals surface area contributed by atoms with Crippen molar-refractivity contribution in [3.63, 3.8) is 0 Å². The molecule has 0 atom stereocenters. The minimum Gasteiger partial charge on any atom is -0.322 e. The molecule has 0 saturated heterocycles. The van der Waals surface area contributed by atoms with Crippen LogP contribution < -0.4 is 5.32 Å². The first-order chi connectivity index (χ1) is 10.4. The molecule has 1 N–H and O–H groups in total. The lowest BCUT2D eigenvalue weighted by atomic mass is 10.0. The monoisotopic (exact) mass is 298 g/mol. The molecule has 114 valence electrons. The van der Waals surface area contributed by atoms with E-state index in [1.807, 2.05) is 12.1 Å². The highest BCUT2D eigenvalue weighted by molar-refractivity contribution is 6.07. The zero-order valence-corrected chi connectivity index (χ0v) is 12.8. The molecule has 2 aromatic rings. The predicted molar refractivity (Wildman–Crippen MR) is 86.3 cm³/mol. The number of carbonyl (C=O) groups excluding carboxylic acids is 1. The normalized spacial score (nSPS) is 10.5. The zero-order valence-electron chi connectivity index (χ0n) is 12.8. The fourth-order valence-corrected chi connectivity index (χ4v) is 2.23. The Balaban J connectivity index is 2.26. The van der Waals surface area contributed by atoms with Gasteiger partial charge in [0.1, 0.15) is 5.56 Å². The van der Waals surface area contributed by atoms with E-state index in [1.54, 1.807) is 31.2 Å². The Morgan fingerprint density at radius 3 is 2.32 bits per heavy atom. The molecule has 1 amide bonds. The summed E-state index contributed by atoms with van der Waals surface area (Å²) in [7, 11) is 0. The third-order valence-corrected chi connectivity index (χ3v) is 3.50. The SMILES string of the molecule is Cc1cccc(C(=O)Nc2ccc(C(C)C)cc2)c1[N+](=O)[O-]. The van der Waals surface area contributed by atoms with E-state index in [2.05, 4.69) is 19.2 Å². The highest BCUT2D eigenvalue weighted by atomic mass is 16.6. The van der Waals surface area contributed by atoms with Crippen molar-refractivity contribution in [2.45, 2.75) is 26.7 Å². The first-order valence-electron chi connectivity index (χ1n) is 7.05. The summed E-state index contributed by atoms with van der Waals surface area (Å²) in [4.78, 5) is 22.9. The summed E-state index contributed by atoms with van der Waals surface area (Å²) in [5.41, 5.74) is 2.16. The van der Waals surface area contributed by atoms with Crippen LogP contribution in [0.25, 0.3) is 0 Å². The Morgan fingerprint density at radius 2 is 1.77 bits per heavy atom. The van der Waals surface area contributed by atoms with Gasteiger partial charge in [-0.3, -0.25) is 14.9 Å². The fraction of sp³-hybridized carbons (Fsp3) is 0.235. The molecule has 0 aromatic heterocycles. The van der Waals surface area contributed by atoms with Gasteiger partial charge in [-0.05, 0) is 36.6 Å². The number of nitro benzene ring substituents is 1. The van der Waals surface area contributed by atoms with Gasteiger partial charge in [0.05, 0.1) is 4.92 Å². The predicted octanol–water partition coefficient (Wildman–Crippen LogP) is 4.28. The first kappa shape index (κ1) is 15.7. The molecule has 0 bridgehead atoms. The lowest BCUT2D eigenvalue weighted by molar-refractivity contribution is -0.385. The molecule has 2 rings (SSSR count). The molecule has 0 unspecified atom stereocenters. The number of nitrogens with zero attached hydrogens (tertiary/aromatic N) is 1. The number of nitro groups is 1. The van der Waals surface area contributed by atoms with E-state index < -0.39 is 10.8 Å². The van der Waals surface area contributed by atoms with Gasteiger partial charge in [0.2, 0.25) is 0 Å². The maximum Gasteiger partial charge on any atom is 0.285 e. The maximum atomic E-state index is 12.3. The summed E-state index contributed by atoms with van der Waals surface area (Å²) in [6.45, 7) is 5.79. The lowest BCUT2D eigenvalue weighted by Gasteiger charge is -2.09. The van der Waals surface area contributed by atoms with Gasteiger partial charge in [0, 0.05) is 11.3 Å². The van der Waals surface area contributed by atoms with Gasteiger partial charge in [-0.25, -0.2) is 0 Å². The highest BCUT2D eigenvalue weighted by Crippen LogP contribution is 2.24. The molecular weight excluding hydrogens is 280 g/mol. The number of anilines is 1. The molecule has 0 spiro atoms. The molecule has 0 fully saturated rings. The van der Waals surface area contributed by atoms with Crippen LogP contribution in [0.15, 0.2) is 42.5 Å². The van der Waals surface area contributed by atoms with Crippen LogP contribution in [0.2, 0.25) is 0 Å². The molecule has 0 saturated carbocycles. The van der Waals surface area contributed by atoms with E-state index in [1.165, 1.54) is 11.6 Å². The van der Waals surface area contributed by atoms with Gasteiger partial charge in [-0.2, -0.15) is 0 Å². The number of aryl methyl sites for hydroxylation is 1. The second-order valence-electron chi connectivity index (χ2n) is 5.46. The zero-order chi connectivity index (χ0) is 16.3. The Labute approximate surface area is 129 Å². The van der Waals surface area contributed by atoms with Crippen molar-refractivity contribution >= 4 is 17.3 Å². The van der Waals surface area contributed by atoms with E-state index in [-0.39, 0.29) is 11.3 Å². The van der Waals surface area contributed by atoms with Gasteiger partial charge in [-0.15, -0.1) is 0 Å². The molecule has 0 aliphatic heterocycles. The van der Waals surface area contributed by atoms with E-state index in [0.29, 0.717) is 17.2 Å². The van der Waals surface area contributed by atoms with Crippen LogP contribution >= 0.6 is 0 Å². The molecular formula is C17H18N2O3. The van der Waals surface area contributed by atoms with Crippen LogP contribution in [0.3, 0.4) is 0 Å². The van der Waals surface area contributed by atoms with Crippen LogP contribution in [-0.2, 0) is 0 Å². The standard InChI is InChI=1S/C17H18N2O3/c1-11(2)13-7-9-14(10-8-13)18-17(20)15-6-4-5-12(3)16(15)19(21)22/h4-11H,1-3H3,(H,18,20). The van der Waals surface area contributed by atoms with E-state index in [0.717, 1.165) is 0 Å². The van der Waals surface area contributed by atoms with Crippen LogP contribution in [0.4, 0.5) is 11.4 Å². The number of para-hydroxylation sites is 1. The third kappa shape index (κ3) is 3.31. The van der Waals surface area contributed by atoms with Crippen molar-refractivity contribution in [1.29, 1.82) is 0 Å². The van der Waals surface area contributed by atoms with Crippen molar-refractivity contribution in [3.8, 4) is 0 Å². The average molecular weight is 298 g/mol. The largest absolute Gasteiger partial charge is 0.322 e. The van der Waals surface area contributed by atoms with E-state index >= 15 is 0 Å². The number of benzene rings is 2. The molecule has 0 aliphatic rings. The van der Waals surface area contributed by atoms with Gasteiger partial charge >= 0.3 is 0 Å². The second kappa shape index (κ2) is 6.39. The first-order valence-corrected chi connectivity index (χ1v) is 7.05.